The maximum absolute atomic E-state index is 12.6. The van der Waals surface area contributed by atoms with Gasteiger partial charge in [-0.1, -0.05) is 12.1 Å². The number of aromatic nitrogens is 1. The zero-order chi connectivity index (χ0) is 14.8. The maximum atomic E-state index is 12.6. The molecule has 0 aliphatic rings. The van der Waals surface area contributed by atoms with Gasteiger partial charge in [-0.25, -0.2) is 4.79 Å². The first-order valence-corrected chi connectivity index (χ1v) is 6.58. The number of para-hydroxylation sites is 1. The van der Waals surface area contributed by atoms with Crippen molar-refractivity contribution >= 4 is 16.9 Å². The summed E-state index contributed by atoms with van der Waals surface area (Å²) in [4.78, 5) is 26.3. The summed E-state index contributed by atoms with van der Waals surface area (Å²) < 4.78 is 10.4. The van der Waals surface area contributed by atoms with E-state index in [2.05, 4.69) is 4.98 Å². The highest BCUT2D eigenvalue weighted by atomic mass is 16.5. The van der Waals surface area contributed by atoms with Gasteiger partial charge in [0.2, 0.25) is 0 Å². The molecule has 0 saturated heterocycles. The Labute approximate surface area is 120 Å². The van der Waals surface area contributed by atoms with E-state index in [-0.39, 0.29) is 5.78 Å². The van der Waals surface area contributed by atoms with Gasteiger partial charge in [0.1, 0.15) is 5.75 Å². The molecule has 5 nitrogen and oxygen atoms in total. The predicted molar refractivity (Wildman–Crippen MR) is 77.9 cm³/mol. The van der Waals surface area contributed by atoms with Gasteiger partial charge in [0.15, 0.2) is 11.4 Å². The van der Waals surface area contributed by atoms with Gasteiger partial charge in [-0.15, -0.1) is 0 Å². The molecular formula is C16H13NO4. The molecule has 0 amide bonds. The van der Waals surface area contributed by atoms with E-state index < -0.39 is 5.76 Å². The number of fused-ring (bicyclic) bond motifs is 1. The van der Waals surface area contributed by atoms with Gasteiger partial charge in [-0.3, -0.25) is 9.78 Å². The van der Waals surface area contributed by atoms with Crippen LogP contribution in [0.4, 0.5) is 0 Å². The minimum absolute atomic E-state index is 0.176. The third-order valence-electron chi connectivity index (χ3n) is 3.11. The second kappa shape index (κ2) is 5.28. The quantitative estimate of drug-likeness (QED) is 0.747. The normalized spacial score (nSPS) is 10.7. The molecular weight excluding hydrogens is 270 g/mol. The minimum Gasteiger partial charge on any atom is -0.493 e. The molecule has 0 aliphatic carbocycles. The van der Waals surface area contributed by atoms with Gasteiger partial charge in [-0.2, -0.15) is 0 Å². The van der Waals surface area contributed by atoms with Crippen LogP contribution in [0.2, 0.25) is 0 Å². The molecule has 1 N–H and O–H groups in total. The van der Waals surface area contributed by atoms with Crippen LogP contribution >= 0.6 is 0 Å². The van der Waals surface area contributed by atoms with Crippen LogP contribution in [0, 0.1) is 0 Å². The molecule has 0 saturated carbocycles. The average Bonchev–Trinajstić information content (AvgIpc) is 2.86. The third-order valence-corrected chi connectivity index (χ3v) is 3.11. The number of aromatic amines is 1. The minimum atomic E-state index is -0.538. The fourth-order valence-corrected chi connectivity index (χ4v) is 2.18. The molecule has 0 atom stereocenters. The van der Waals surface area contributed by atoms with E-state index in [1.807, 2.05) is 13.0 Å². The van der Waals surface area contributed by atoms with Crippen molar-refractivity contribution in [1.82, 2.24) is 4.98 Å². The van der Waals surface area contributed by atoms with Crippen LogP contribution in [0.15, 0.2) is 51.7 Å². The van der Waals surface area contributed by atoms with E-state index in [4.69, 9.17) is 9.15 Å². The lowest BCUT2D eigenvalue weighted by Gasteiger charge is -2.08. The van der Waals surface area contributed by atoms with Gasteiger partial charge in [-0.05, 0) is 37.3 Å². The number of ether oxygens (including phenoxy) is 1. The molecule has 0 spiro atoms. The zero-order valence-corrected chi connectivity index (χ0v) is 11.4. The molecule has 0 fully saturated rings. The molecule has 3 aromatic rings. The van der Waals surface area contributed by atoms with Gasteiger partial charge in [0.25, 0.3) is 0 Å². The summed E-state index contributed by atoms with van der Waals surface area (Å²) in [5.41, 5.74) is 1.85. The first-order chi connectivity index (χ1) is 10.2. The van der Waals surface area contributed by atoms with E-state index in [1.54, 1.807) is 36.4 Å². The van der Waals surface area contributed by atoms with Gasteiger partial charge in [0.05, 0.1) is 17.7 Å². The van der Waals surface area contributed by atoms with Gasteiger partial charge in [0, 0.05) is 5.56 Å². The first kappa shape index (κ1) is 13.2. The number of H-pyrrole nitrogens is 1. The number of carbonyl (C=O) groups is 1. The average molecular weight is 283 g/mol. The highest BCUT2D eigenvalue weighted by molar-refractivity contribution is 6.11. The number of oxazole rings is 1. The van der Waals surface area contributed by atoms with Crippen molar-refractivity contribution in [2.75, 3.05) is 6.61 Å². The standard InChI is InChI=1S/C16H13NO4/c1-2-20-13-6-4-3-5-11(13)15(18)10-7-8-12-14(9-10)21-16(19)17-12/h3-9H,2H2,1H3,(H,17,19). The molecule has 2 aromatic carbocycles. The van der Waals surface area contributed by atoms with Gasteiger partial charge >= 0.3 is 5.76 Å². The molecule has 1 aromatic heterocycles. The lowest BCUT2D eigenvalue weighted by molar-refractivity contribution is 0.103. The van der Waals surface area contributed by atoms with Crippen LogP contribution in [0.1, 0.15) is 22.8 Å². The van der Waals surface area contributed by atoms with Crippen LogP contribution in [0.25, 0.3) is 11.1 Å². The summed E-state index contributed by atoms with van der Waals surface area (Å²) in [6.45, 7) is 2.35. The van der Waals surface area contributed by atoms with Crippen LogP contribution in [0.5, 0.6) is 5.75 Å². The number of carbonyl (C=O) groups excluding carboxylic acids is 1. The predicted octanol–water partition coefficient (Wildman–Crippen LogP) is 2.75. The van der Waals surface area contributed by atoms with Crippen LogP contribution in [-0.2, 0) is 0 Å². The first-order valence-electron chi connectivity index (χ1n) is 6.58. The Morgan fingerprint density at radius 1 is 1.24 bits per heavy atom. The zero-order valence-electron chi connectivity index (χ0n) is 11.4. The molecule has 5 heteroatoms. The molecule has 1 heterocycles. The van der Waals surface area contributed by atoms with Crippen molar-refractivity contribution in [3.8, 4) is 5.75 Å². The fraction of sp³-hybridized carbons (Fsp3) is 0.125. The Morgan fingerprint density at radius 2 is 2.05 bits per heavy atom. The van der Waals surface area contributed by atoms with Crippen molar-refractivity contribution in [2.24, 2.45) is 0 Å². The Bertz CT molecular complexity index is 860. The lowest BCUT2D eigenvalue weighted by Crippen LogP contribution is -2.05. The fourth-order valence-electron chi connectivity index (χ4n) is 2.18. The number of hydrogen-bond donors (Lipinski definition) is 1. The molecule has 0 radical (unpaired) electrons. The number of ketones is 1. The third kappa shape index (κ3) is 2.45. The van der Waals surface area contributed by atoms with Crippen molar-refractivity contribution in [1.29, 1.82) is 0 Å². The van der Waals surface area contributed by atoms with E-state index in [0.717, 1.165) is 0 Å². The second-order valence-corrected chi connectivity index (χ2v) is 4.48. The molecule has 0 aliphatic heterocycles. The van der Waals surface area contributed by atoms with Crippen LogP contribution in [-0.4, -0.2) is 17.4 Å². The van der Waals surface area contributed by atoms with Crippen LogP contribution in [0.3, 0.4) is 0 Å². The van der Waals surface area contributed by atoms with E-state index in [9.17, 15) is 9.59 Å². The Morgan fingerprint density at radius 3 is 2.86 bits per heavy atom. The Balaban J connectivity index is 2.05. The molecule has 3 rings (SSSR count). The molecule has 106 valence electrons. The van der Waals surface area contributed by atoms with Crippen LogP contribution < -0.4 is 10.5 Å². The summed E-state index contributed by atoms with van der Waals surface area (Å²) in [6, 6.07) is 11.9. The van der Waals surface area contributed by atoms with E-state index >= 15 is 0 Å². The summed E-state index contributed by atoms with van der Waals surface area (Å²) in [5, 5.41) is 0. The van der Waals surface area contributed by atoms with Gasteiger partial charge < -0.3 is 9.15 Å². The number of rotatable bonds is 4. The summed E-state index contributed by atoms with van der Waals surface area (Å²) in [7, 11) is 0. The van der Waals surface area contributed by atoms with Crippen molar-refractivity contribution in [2.45, 2.75) is 6.92 Å². The number of hydrogen-bond acceptors (Lipinski definition) is 4. The van der Waals surface area contributed by atoms with Crippen molar-refractivity contribution in [3.05, 3.63) is 64.1 Å². The lowest BCUT2D eigenvalue weighted by atomic mass is 10.0. The topological polar surface area (TPSA) is 72.3 Å². The maximum Gasteiger partial charge on any atom is 0.417 e. The SMILES string of the molecule is CCOc1ccccc1C(=O)c1ccc2[nH]c(=O)oc2c1. The van der Waals surface area contributed by atoms with Crippen molar-refractivity contribution in [3.63, 3.8) is 0 Å². The second-order valence-electron chi connectivity index (χ2n) is 4.48. The monoisotopic (exact) mass is 283 g/mol. The highest BCUT2D eigenvalue weighted by Crippen LogP contribution is 2.23. The summed E-state index contributed by atoms with van der Waals surface area (Å²) >= 11 is 0. The Hall–Kier alpha value is -2.82. The number of benzene rings is 2. The smallest absolute Gasteiger partial charge is 0.417 e. The summed E-state index contributed by atoms with van der Waals surface area (Å²) in [6.07, 6.45) is 0. The Kier molecular flexibility index (Phi) is 3.31. The van der Waals surface area contributed by atoms with E-state index in [1.165, 1.54) is 0 Å². The van der Waals surface area contributed by atoms with E-state index in [0.29, 0.717) is 34.6 Å². The largest absolute Gasteiger partial charge is 0.493 e. The molecule has 21 heavy (non-hydrogen) atoms. The number of nitrogens with one attached hydrogen (secondary N) is 1. The molecule has 0 bridgehead atoms. The summed E-state index contributed by atoms with van der Waals surface area (Å²) in [5.74, 6) is -0.172. The highest BCUT2D eigenvalue weighted by Gasteiger charge is 2.15. The molecule has 0 unspecified atom stereocenters. The van der Waals surface area contributed by atoms with Crippen molar-refractivity contribution < 1.29 is 13.9 Å².